The number of halogens is 4. The number of hydrogen-bond acceptors (Lipinski definition) is 4. The van der Waals surface area contributed by atoms with Crippen LogP contribution in [0.15, 0.2) is 23.1 Å². The standard InChI is InChI=1S/C14H17ClF3N3O3S/c15-12-2-1-10(5-11(12)14(16,17)18)25(23,24)21-4-3-13(22)20-8-9-6-19-7-9/h1-2,5,9,19,21H,3-4,6-8H2,(H,20,22). The van der Waals surface area contributed by atoms with Gasteiger partial charge in [0.05, 0.1) is 15.5 Å². The Balaban J connectivity index is 1.91. The predicted octanol–water partition coefficient (Wildman–Crippen LogP) is 1.36. The molecule has 6 nitrogen and oxygen atoms in total. The highest BCUT2D eigenvalue weighted by Crippen LogP contribution is 2.35. The molecule has 1 saturated heterocycles. The van der Waals surface area contributed by atoms with Gasteiger partial charge in [-0.25, -0.2) is 13.1 Å². The van der Waals surface area contributed by atoms with Crippen LogP contribution in [0, 0.1) is 5.92 Å². The zero-order valence-electron chi connectivity index (χ0n) is 13.0. The van der Waals surface area contributed by atoms with Crippen molar-refractivity contribution in [3.63, 3.8) is 0 Å². The van der Waals surface area contributed by atoms with Gasteiger partial charge in [0.25, 0.3) is 0 Å². The van der Waals surface area contributed by atoms with Crippen LogP contribution in [0.25, 0.3) is 0 Å². The van der Waals surface area contributed by atoms with E-state index in [1.807, 2.05) is 0 Å². The van der Waals surface area contributed by atoms with Crippen LogP contribution in [0.5, 0.6) is 0 Å². The van der Waals surface area contributed by atoms with Gasteiger partial charge < -0.3 is 10.6 Å². The van der Waals surface area contributed by atoms with Crippen LogP contribution < -0.4 is 15.4 Å². The van der Waals surface area contributed by atoms with Crippen molar-refractivity contribution in [3.8, 4) is 0 Å². The van der Waals surface area contributed by atoms with Crippen molar-refractivity contribution in [2.45, 2.75) is 17.5 Å². The maximum absolute atomic E-state index is 12.8. The van der Waals surface area contributed by atoms with E-state index in [9.17, 15) is 26.4 Å². The highest BCUT2D eigenvalue weighted by atomic mass is 35.5. The molecule has 0 saturated carbocycles. The van der Waals surface area contributed by atoms with Gasteiger partial charge in [0.2, 0.25) is 15.9 Å². The van der Waals surface area contributed by atoms with Gasteiger partial charge in [0, 0.05) is 38.5 Å². The molecule has 1 aliphatic rings. The smallest absolute Gasteiger partial charge is 0.356 e. The van der Waals surface area contributed by atoms with Crippen LogP contribution in [-0.2, 0) is 21.0 Å². The van der Waals surface area contributed by atoms with Gasteiger partial charge >= 0.3 is 6.18 Å². The van der Waals surface area contributed by atoms with Crippen LogP contribution in [0.1, 0.15) is 12.0 Å². The summed E-state index contributed by atoms with van der Waals surface area (Å²) in [6.07, 6.45) is -4.88. The van der Waals surface area contributed by atoms with Crippen LogP contribution in [0.2, 0.25) is 5.02 Å². The van der Waals surface area contributed by atoms with Crippen LogP contribution in [-0.4, -0.2) is 40.5 Å². The number of alkyl halides is 3. The van der Waals surface area contributed by atoms with E-state index in [1.54, 1.807) is 0 Å². The van der Waals surface area contributed by atoms with Crippen molar-refractivity contribution in [2.75, 3.05) is 26.2 Å². The van der Waals surface area contributed by atoms with Crippen molar-refractivity contribution in [1.82, 2.24) is 15.4 Å². The number of nitrogens with one attached hydrogen (secondary N) is 3. The van der Waals surface area contributed by atoms with Gasteiger partial charge in [-0.2, -0.15) is 13.2 Å². The molecule has 1 aromatic carbocycles. The molecule has 1 aromatic rings. The third-order valence-electron chi connectivity index (χ3n) is 3.65. The number of rotatable bonds is 7. The van der Waals surface area contributed by atoms with E-state index in [-0.39, 0.29) is 18.9 Å². The minimum Gasteiger partial charge on any atom is -0.356 e. The van der Waals surface area contributed by atoms with Crippen molar-refractivity contribution in [3.05, 3.63) is 28.8 Å². The Kier molecular flexibility index (Phi) is 6.30. The van der Waals surface area contributed by atoms with Gasteiger partial charge in [0.15, 0.2) is 0 Å². The van der Waals surface area contributed by atoms with E-state index >= 15 is 0 Å². The van der Waals surface area contributed by atoms with Crippen molar-refractivity contribution in [1.29, 1.82) is 0 Å². The SMILES string of the molecule is O=C(CCNS(=O)(=O)c1ccc(Cl)c(C(F)(F)F)c1)NCC1CNC1. The van der Waals surface area contributed by atoms with Crippen LogP contribution in [0.3, 0.4) is 0 Å². The molecule has 0 aromatic heterocycles. The largest absolute Gasteiger partial charge is 0.417 e. The first-order valence-corrected chi connectivity index (χ1v) is 9.29. The van der Waals surface area contributed by atoms with Gasteiger partial charge in [-0.15, -0.1) is 0 Å². The summed E-state index contributed by atoms with van der Waals surface area (Å²) in [5.74, 6) is 0.0391. The predicted molar refractivity (Wildman–Crippen MR) is 85.6 cm³/mol. The quantitative estimate of drug-likeness (QED) is 0.646. The summed E-state index contributed by atoms with van der Waals surface area (Å²) in [5.41, 5.74) is -1.23. The summed E-state index contributed by atoms with van der Waals surface area (Å²) >= 11 is 5.46. The maximum atomic E-state index is 12.8. The molecule has 1 fully saturated rings. The average Bonchev–Trinajstić information content (AvgIpc) is 2.44. The zero-order chi connectivity index (χ0) is 18.7. The molecule has 0 unspecified atom stereocenters. The van der Waals surface area contributed by atoms with Gasteiger partial charge in [-0.3, -0.25) is 4.79 Å². The summed E-state index contributed by atoms with van der Waals surface area (Å²) in [6, 6.07) is 2.32. The maximum Gasteiger partial charge on any atom is 0.417 e. The fourth-order valence-corrected chi connectivity index (χ4v) is 3.39. The van der Waals surface area contributed by atoms with E-state index in [1.165, 1.54) is 0 Å². The molecule has 0 aliphatic carbocycles. The summed E-state index contributed by atoms with van der Waals surface area (Å²) in [4.78, 5) is 11.0. The number of carbonyl (C=O) groups is 1. The Morgan fingerprint density at radius 1 is 1.32 bits per heavy atom. The van der Waals surface area contributed by atoms with E-state index in [2.05, 4.69) is 15.4 Å². The summed E-state index contributed by atoms with van der Waals surface area (Å²) < 4.78 is 64.6. The molecular weight excluding hydrogens is 383 g/mol. The second kappa shape index (κ2) is 7.90. The highest BCUT2D eigenvalue weighted by molar-refractivity contribution is 7.89. The van der Waals surface area contributed by atoms with Crippen molar-refractivity contribution < 1.29 is 26.4 Å². The lowest BCUT2D eigenvalue weighted by molar-refractivity contribution is -0.137. The Bertz CT molecular complexity index is 737. The van der Waals surface area contributed by atoms with Gasteiger partial charge in [0.1, 0.15) is 0 Å². The molecule has 1 amide bonds. The molecule has 0 bridgehead atoms. The fraction of sp³-hybridized carbons (Fsp3) is 0.500. The first kappa shape index (κ1) is 20.0. The number of hydrogen-bond donors (Lipinski definition) is 3. The molecule has 140 valence electrons. The number of sulfonamides is 1. The minimum absolute atomic E-state index is 0.112. The molecule has 11 heteroatoms. The van der Waals surface area contributed by atoms with Crippen molar-refractivity contribution in [2.24, 2.45) is 5.92 Å². The molecule has 0 radical (unpaired) electrons. The molecule has 2 rings (SSSR count). The normalized spacial score (nSPS) is 15.7. The fourth-order valence-electron chi connectivity index (χ4n) is 2.11. The number of amides is 1. The monoisotopic (exact) mass is 399 g/mol. The minimum atomic E-state index is -4.76. The molecule has 1 aliphatic heterocycles. The summed E-state index contributed by atoms with van der Waals surface area (Å²) in [5, 5.41) is 5.13. The van der Waals surface area contributed by atoms with E-state index < -0.39 is 31.7 Å². The molecule has 25 heavy (non-hydrogen) atoms. The van der Waals surface area contributed by atoms with E-state index in [4.69, 9.17) is 11.6 Å². The van der Waals surface area contributed by atoms with Gasteiger partial charge in [-0.1, -0.05) is 11.6 Å². The van der Waals surface area contributed by atoms with Crippen molar-refractivity contribution >= 4 is 27.5 Å². The Hall–Kier alpha value is -1.36. The Morgan fingerprint density at radius 2 is 2.00 bits per heavy atom. The molecule has 3 N–H and O–H groups in total. The molecule has 0 atom stereocenters. The lowest BCUT2D eigenvalue weighted by Gasteiger charge is -2.27. The lowest BCUT2D eigenvalue weighted by atomic mass is 10.0. The first-order chi connectivity index (χ1) is 11.6. The summed E-state index contributed by atoms with van der Waals surface area (Å²) in [6.45, 7) is 1.93. The molecule has 0 spiro atoms. The zero-order valence-corrected chi connectivity index (χ0v) is 14.6. The average molecular weight is 400 g/mol. The number of benzene rings is 1. The number of carbonyl (C=O) groups excluding carboxylic acids is 1. The van der Waals surface area contributed by atoms with Crippen LogP contribution in [0.4, 0.5) is 13.2 Å². The molecular formula is C14H17ClF3N3O3S. The molecule has 1 heterocycles. The first-order valence-electron chi connectivity index (χ1n) is 7.43. The van der Waals surface area contributed by atoms with E-state index in [0.717, 1.165) is 25.2 Å². The Labute approximate surface area is 148 Å². The van der Waals surface area contributed by atoms with E-state index in [0.29, 0.717) is 18.5 Å². The second-order valence-electron chi connectivity index (χ2n) is 5.62. The Morgan fingerprint density at radius 3 is 2.56 bits per heavy atom. The van der Waals surface area contributed by atoms with Crippen LogP contribution >= 0.6 is 11.6 Å². The summed E-state index contributed by atoms with van der Waals surface area (Å²) in [7, 11) is -4.18. The third kappa shape index (κ3) is 5.56. The topological polar surface area (TPSA) is 87.3 Å². The lowest BCUT2D eigenvalue weighted by Crippen LogP contribution is -2.48. The highest BCUT2D eigenvalue weighted by Gasteiger charge is 2.34. The second-order valence-corrected chi connectivity index (χ2v) is 7.79. The van der Waals surface area contributed by atoms with Gasteiger partial charge in [-0.05, 0) is 18.2 Å². The third-order valence-corrected chi connectivity index (χ3v) is 5.44.